The molecule has 0 aliphatic rings. The lowest BCUT2D eigenvalue weighted by Crippen LogP contribution is -2.25. The van der Waals surface area contributed by atoms with Gasteiger partial charge < -0.3 is 19.7 Å². The molecule has 0 aliphatic heterocycles. The number of benzene rings is 3. The molecule has 3 aromatic carbocycles. The molecule has 6 nitrogen and oxygen atoms in total. The molecule has 0 amide bonds. The molecule has 3 rings (SSSR count). The maximum Gasteiger partial charge on any atom is 0.419 e. The Kier molecular flexibility index (Phi) is 7.86. The molecule has 0 heterocycles. The molecular weight excluding hydrogens is 489 g/mol. The maximum atomic E-state index is 13.3. The van der Waals surface area contributed by atoms with Crippen LogP contribution in [0.4, 0.5) is 13.2 Å². The van der Waals surface area contributed by atoms with Crippen LogP contribution < -0.4 is 4.74 Å². The SMILES string of the molecule is Cc1c(CC(=O)O)cccc1-c1ccc(OCc2ccc(C(F)(F)F)c(O)c2C(=O)OC(C)(C)C)cc1. The third-order valence-corrected chi connectivity index (χ3v) is 5.52. The van der Waals surface area contributed by atoms with E-state index < -0.39 is 40.6 Å². The van der Waals surface area contributed by atoms with E-state index in [4.69, 9.17) is 14.6 Å². The Balaban J connectivity index is 1.87. The Labute approximate surface area is 212 Å². The largest absolute Gasteiger partial charge is 0.506 e. The van der Waals surface area contributed by atoms with Crippen molar-refractivity contribution in [2.45, 2.75) is 52.5 Å². The highest BCUT2D eigenvalue weighted by molar-refractivity contribution is 5.95. The molecule has 0 bridgehead atoms. The first-order chi connectivity index (χ1) is 17.2. The normalized spacial score (nSPS) is 11.8. The van der Waals surface area contributed by atoms with Crippen molar-refractivity contribution in [2.75, 3.05) is 0 Å². The topological polar surface area (TPSA) is 93.1 Å². The third kappa shape index (κ3) is 6.81. The van der Waals surface area contributed by atoms with Crippen LogP contribution in [0.3, 0.4) is 0 Å². The van der Waals surface area contributed by atoms with Gasteiger partial charge >= 0.3 is 18.1 Å². The summed E-state index contributed by atoms with van der Waals surface area (Å²) >= 11 is 0. The molecule has 0 radical (unpaired) electrons. The molecule has 0 aliphatic carbocycles. The van der Waals surface area contributed by atoms with Gasteiger partial charge in [0.05, 0.1) is 12.0 Å². The second kappa shape index (κ2) is 10.5. The number of ether oxygens (including phenoxy) is 2. The van der Waals surface area contributed by atoms with E-state index >= 15 is 0 Å². The van der Waals surface area contributed by atoms with Gasteiger partial charge in [-0.15, -0.1) is 0 Å². The zero-order chi connectivity index (χ0) is 27.5. The fourth-order valence-corrected chi connectivity index (χ4v) is 3.78. The summed E-state index contributed by atoms with van der Waals surface area (Å²) in [5, 5.41) is 19.4. The molecule has 3 aromatic rings. The van der Waals surface area contributed by atoms with E-state index in [1.807, 2.05) is 13.0 Å². The first kappa shape index (κ1) is 27.6. The number of aromatic hydroxyl groups is 1. The van der Waals surface area contributed by atoms with E-state index in [0.717, 1.165) is 22.8 Å². The standard InChI is InChI=1S/C28H27F3O6/c1-16-18(14-23(32)33)6-5-7-21(16)17-8-11-20(12-9-17)36-15-19-10-13-22(28(29,30)31)25(34)24(19)26(35)37-27(2,3)4/h5-13,34H,14-15H2,1-4H3,(H,32,33). The Morgan fingerprint density at radius 1 is 0.919 bits per heavy atom. The summed E-state index contributed by atoms with van der Waals surface area (Å²) < 4.78 is 50.9. The van der Waals surface area contributed by atoms with Gasteiger partial charge in [0.25, 0.3) is 0 Å². The maximum absolute atomic E-state index is 13.3. The molecule has 2 N–H and O–H groups in total. The number of alkyl halides is 3. The Bertz CT molecular complexity index is 1310. The smallest absolute Gasteiger partial charge is 0.419 e. The van der Waals surface area contributed by atoms with Crippen molar-refractivity contribution in [1.82, 2.24) is 0 Å². The fraction of sp³-hybridized carbons (Fsp3) is 0.286. The summed E-state index contributed by atoms with van der Waals surface area (Å²) in [5.74, 6) is -2.86. The summed E-state index contributed by atoms with van der Waals surface area (Å²) in [5.41, 5.74) is 0.285. The highest BCUT2D eigenvalue weighted by Gasteiger charge is 2.37. The monoisotopic (exact) mass is 516 g/mol. The van der Waals surface area contributed by atoms with Gasteiger partial charge in [-0.2, -0.15) is 13.2 Å². The van der Waals surface area contributed by atoms with Crippen molar-refractivity contribution in [3.8, 4) is 22.6 Å². The molecule has 0 saturated carbocycles. The Morgan fingerprint density at radius 2 is 1.57 bits per heavy atom. The van der Waals surface area contributed by atoms with Crippen LogP contribution in [-0.2, 0) is 28.7 Å². The van der Waals surface area contributed by atoms with Crippen LogP contribution in [0.2, 0.25) is 0 Å². The van der Waals surface area contributed by atoms with Crippen LogP contribution in [0.15, 0.2) is 54.6 Å². The summed E-state index contributed by atoms with van der Waals surface area (Å²) in [6.45, 7) is 6.23. The van der Waals surface area contributed by atoms with Gasteiger partial charge in [-0.25, -0.2) is 4.79 Å². The minimum Gasteiger partial charge on any atom is -0.506 e. The Morgan fingerprint density at radius 3 is 2.14 bits per heavy atom. The van der Waals surface area contributed by atoms with Crippen LogP contribution in [0.25, 0.3) is 11.1 Å². The predicted octanol–water partition coefficient (Wildman–Crippen LogP) is 6.55. The lowest BCUT2D eigenvalue weighted by Gasteiger charge is -2.22. The molecular formula is C28H27F3O6. The van der Waals surface area contributed by atoms with E-state index in [0.29, 0.717) is 17.4 Å². The molecule has 0 unspecified atom stereocenters. The summed E-state index contributed by atoms with van der Waals surface area (Å²) in [6.07, 6.45) is -4.96. The van der Waals surface area contributed by atoms with Crippen LogP contribution in [0.1, 0.15) is 53.4 Å². The van der Waals surface area contributed by atoms with Gasteiger partial charge in [0, 0.05) is 5.56 Å². The number of hydrogen-bond donors (Lipinski definition) is 2. The minimum absolute atomic E-state index is 0.0287. The minimum atomic E-state index is -4.87. The first-order valence-electron chi connectivity index (χ1n) is 11.4. The van der Waals surface area contributed by atoms with Gasteiger partial charge in [0.1, 0.15) is 29.3 Å². The van der Waals surface area contributed by atoms with E-state index in [1.165, 1.54) is 0 Å². The second-order valence-corrected chi connectivity index (χ2v) is 9.47. The lowest BCUT2D eigenvalue weighted by molar-refractivity contribution is -0.139. The summed E-state index contributed by atoms with van der Waals surface area (Å²) in [6, 6.07) is 14.0. The van der Waals surface area contributed by atoms with Crippen molar-refractivity contribution in [1.29, 1.82) is 0 Å². The molecule has 0 spiro atoms. The summed E-state index contributed by atoms with van der Waals surface area (Å²) in [4.78, 5) is 23.8. The molecule has 0 aromatic heterocycles. The molecule has 9 heteroatoms. The number of esters is 1. The van der Waals surface area contributed by atoms with Gasteiger partial charge in [-0.1, -0.05) is 36.4 Å². The highest BCUT2D eigenvalue weighted by Crippen LogP contribution is 2.39. The predicted molar refractivity (Wildman–Crippen MR) is 131 cm³/mol. The van der Waals surface area contributed by atoms with E-state index in [1.54, 1.807) is 57.2 Å². The van der Waals surface area contributed by atoms with E-state index in [2.05, 4.69) is 0 Å². The van der Waals surface area contributed by atoms with Crippen molar-refractivity contribution in [3.63, 3.8) is 0 Å². The third-order valence-electron chi connectivity index (χ3n) is 5.52. The van der Waals surface area contributed by atoms with Crippen LogP contribution >= 0.6 is 0 Å². The quantitative estimate of drug-likeness (QED) is 0.346. The van der Waals surface area contributed by atoms with Crippen LogP contribution in [0.5, 0.6) is 11.5 Å². The lowest BCUT2D eigenvalue weighted by atomic mass is 9.95. The molecule has 0 saturated heterocycles. The van der Waals surface area contributed by atoms with Gasteiger partial charge in [0.15, 0.2) is 0 Å². The molecule has 37 heavy (non-hydrogen) atoms. The van der Waals surface area contributed by atoms with E-state index in [9.17, 15) is 27.9 Å². The van der Waals surface area contributed by atoms with Crippen LogP contribution in [0, 0.1) is 6.92 Å². The van der Waals surface area contributed by atoms with Crippen LogP contribution in [-0.4, -0.2) is 27.8 Å². The number of aliphatic carboxylic acids is 1. The van der Waals surface area contributed by atoms with Crippen molar-refractivity contribution in [3.05, 3.63) is 82.4 Å². The number of phenols is 1. The fourth-order valence-electron chi connectivity index (χ4n) is 3.78. The van der Waals surface area contributed by atoms with Gasteiger partial charge in [-0.3, -0.25) is 4.79 Å². The Hall–Kier alpha value is -4.01. The molecule has 0 fully saturated rings. The number of rotatable bonds is 7. The van der Waals surface area contributed by atoms with Gasteiger partial charge in [0.2, 0.25) is 0 Å². The van der Waals surface area contributed by atoms with Crippen molar-refractivity contribution >= 4 is 11.9 Å². The average Bonchev–Trinajstić information content (AvgIpc) is 2.77. The average molecular weight is 517 g/mol. The number of carbonyl (C=O) groups excluding carboxylic acids is 1. The van der Waals surface area contributed by atoms with Crippen molar-refractivity contribution < 1.29 is 42.4 Å². The number of phenolic OH excluding ortho intramolecular Hbond substituents is 1. The van der Waals surface area contributed by atoms with Crippen molar-refractivity contribution in [2.24, 2.45) is 0 Å². The number of carboxylic acid groups (broad SMARTS) is 1. The second-order valence-electron chi connectivity index (χ2n) is 9.47. The molecule has 0 atom stereocenters. The number of carbonyl (C=O) groups is 2. The van der Waals surface area contributed by atoms with E-state index in [-0.39, 0.29) is 18.6 Å². The first-order valence-corrected chi connectivity index (χ1v) is 11.4. The number of halogens is 3. The number of hydrogen-bond acceptors (Lipinski definition) is 5. The highest BCUT2D eigenvalue weighted by atomic mass is 19.4. The summed E-state index contributed by atoms with van der Waals surface area (Å²) in [7, 11) is 0. The zero-order valence-electron chi connectivity index (χ0n) is 20.8. The number of carboxylic acids is 1. The molecule has 196 valence electrons. The zero-order valence-corrected chi connectivity index (χ0v) is 20.8. The van der Waals surface area contributed by atoms with Gasteiger partial charge in [-0.05, 0) is 68.1 Å².